The molecule has 3 heteroatoms. The van der Waals surface area contributed by atoms with Crippen molar-refractivity contribution in [3.8, 4) is 22.3 Å². The number of anilines is 3. The molecule has 8 aromatic carbocycles. The van der Waals surface area contributed by atoms with Gasteiger partial charge in [-0.05, 0) is 90.9 Å². The van der Waals surface area contributed by atoms with Crippen molar-refractivity contribution in [1.82, 2.24) is 0 Å². The lowest BCUT2D eigenvalue weighted by Gasteiger charge is -2.37. The standard InChI is InChI=1S/C46H31NSSi/c1-2-13-32(14-3-1)33-25-27-35(28-26-33)47(40-19-12-16-34-15-4-5-17-37(34)40)36-29-30-44-39(31-36)38-18-6-9-22-43(38)49(44)45-23-10-7-20-41(45)48-42-21-8-11-24-46(42)49/h1-31H. The van der Waals surface area contributed by atoms with Gasteiger partial charge in [0.1, 0.15) is 0 Å². The van der Waals surface area contributed by atoms with Gasteiger partial charge < -0.3 is 4.90 Å². The topological polar surface area (TPSA) is 3.24 Å². The molecule has 2 aliphatic rings. The summed E-state index contributed by atoms with van der Waals surface area (Å²) in [5, 5.41) is 8.44. The van der Waals surface area contributed by atoms with E-state index < -0.39 is 8.07 Å². The van der Waals surface area contributed by atoms with Gasteiger partial charge in [0.2, 0.25) is 0 Å². The van der Waals surface area contributed by atoms with E-state index in [-0.39, 0.29) is 0 Å². The maximum atomic E-state index is 2.47. The van der Waals surface area contributed by atoms with E-state index in [0.29, 0.717) is 0 Å². The molecule has 0 saturated carbocycles. The molecule has 0 saturated heterocycles. The molecule has 0 radical (unpaired) electrons. The van der Waals surface area contributed by atoms with Crippen LogP contribution in [0.5, 0.6) is 0 Å². The third-order valence-corrected chi connectivity index (χ3v) is 16.8. The molecule has 0 aliphatic carbocycles. The Hall–Kier alpha value is -5.61. The second-order valence-electron chi connectivity index (χ2n) is 12.9. The summed E-state index contributed by atoms with van der Waals surface area (Å²) in [7, 11) is -2.55. The zero-order valence-corrected chi connectivity index (χ0v) is 28.6. The molecule has 0 amide bonds. The first-order valence-corrected chi connectivity index (χ1v) is 19.7. The lowest BCUT2D eigenvalue weighted by molar-refractivity contribution is 1.30. The smallest absolute Gasteiger partial charge is 0.183 e. The largest absolute Gasteiger partial charge is 0.310 e. The van der Waals surface area contributed by atoms with Crippen LogP contribution in [0.3, 0.4) is 0 Å². The van der Waals surface area contributed by atoms with E-state index in [2.05, 4.69) is 193 Å². The van der Waals surface area contributed by atoms with Crippen molar-refractivity contribution in [2.24, 2.45) is 0 Å². The van der Waals surface area contributed by atoms with Gasteiger partial charge in [0.05, 0.1) is 5.69 Å². The summed E-state index contributed by atoms with van der Waals surface area (Å²) in [6.07, 6.45) is 0. The number of rotatable bonds is 4. The lowest BCUT2D eigenvalue weighted by atomic mass is 10.0. The van der Waals surface area contributed by atoms with Gasteiger partial charge in [0, 0.05) is 26.6 Å². The molecule has 0 aromatic heterocycles. The van der Waals surface area contributed by atoms with E-state index in [1.54, 1.807) is 0 Å². The van der Waals surface area contributed by atoms with Crippen molar-refractivity contribution in [3.05, 3.63) is 188 Å². The van der Waals surface area contributed by atoms with Crippen molar-refractivity contribution in [3.63, 3.8) is 0 Å². The van der Waals surface area contributed by atoms with Crippen LogP contribution in [0.4, 0.5) is 17.1 Å². The number of nitrogens with zero attached hydrogens (tertiary/aromatic N) is 1. The van der Waals surface area contributed by atoms with Crippen LogP contribution in [-0.2, 0) is 0 Å². The molecule has 0 N–H and O–H groups in total. The Labute approximate surface area is 292 Å². The molecule has 2 heterocycles. The summed E-state index contributed by atoms with van der Waals surface area (Å²) < 4.78 is 0. The molecule has 230 valence electrons. The van der Waals surface area contributed by atoms with E-state index >= 15 is 0 Å². The summed E-state index contributed by atoms with van der Waals surface area (Å²) >= 11 is 1.92. The fourth-order valence-electron chi connectivity index (χ4n) is 8.25. The minimum absolute atomic E-state index is 1.14. The van der Waals surface area contributed by atoms with Crippen molar-refractivity contribution in [2.45, 2.75) is 9.79 Å². The molecule has 0 unspecified atom stereocenters. The average Bonchev–Trinajstić information content (AvgIpc) is 3.46. The number of benzene rings is 8. The third-order valence-electron chi connectivity index (χ3n) is 10.3. The van der Waals surface area contributed by atoms with Gasteiger partial charge in [0.25, 0.3) is 0 Å². The highest BCUT2D eigenvalue weighted by Crippen LogP contribution is 2.43. The first-order chi connectivity index (χ1) is 24.3. The normalized spacial score (nSPS) is 13.4. The molecule has 0 bridgehead atoms. The minimum Gasteiger partial charge on any atom is -0.310 e. The van der Waals surface area contributed by atoms with Crippen molar-refractivity contribution >= 4 is 68.4 Å². The predicted molar refractivity (Wildman–Crippen MR) is 211 cm³/mol. The minimum atomic E-state index is -2.55. The molecule has 0 fully saturated rings. The van der Waals surface area contributed by atoms with Crippen LogP contribution < -0.4 is 25.6 Å². The van der Waals surface area contributed by atoms with Crippen LogP contribution in [0.25, 0.3) is 33.0 Å². The number of fused-ring (bicyclic) bond motifs is 10. The summed E-state index contributed by atoms with van der Waals surface area (Å²) in [6.45, 7) is 0. The van der Waals surface area contributed by atoms with Gasteiger partial charge in [-0.3, -0.25) is 0 Å². The third kappa shape index (κ3) is 4.26. The lowest BCUT2D eigenvalue weighted by Crippen LogP contribution is -2.74. The van der Waals surface area contributed by atoms with E-state index in [1.165, 1.54) is 69.3 Å². The Balaban J connectivity index is 1.22. The molecule has 0 atom stereocenters. The zero-order valence-electron chi connectivity index (χ0n) is 26.8. The molecule has 1 spiro atoms. The SMILES string of the molecule is c1ccc(-c2ccc(N(c3ccc4c(c3)-c3ccccc3[Si]43c4ccccc4Sc4ccccc43)c3cccc4ccccc34)cc2)cc1. The maximum Gasteiger partial charge on any atom is 0.183 e. The molecule has 1 nitrogen and oxygen atoms in total. The van der Waals surface area contributed by atoms with Gasteiger partial charge in [-0.1, -0.05) is 157 Å². The van der Waals surface area contributed by atoms with Gasteiger partial charge in [-0.15, -0.1) is 0 Å². The summed E-state index contributed by atoms with van der Waals surface area (Å²) in [6, 6.07) is 69.9. The Bertz CT molecular complexity index is 2490. The van der Waals surface area contributed by atoms with Gasteiger partial charge >= 0.3 is 0 Å². The Kier molecular flexibility index (Phi) is 6.51. The summed E-state index contributed by atoms with van der Waals surface area (Å²) in [4.78, 5) is 5.22. The van der Waals surface area contributed by atoms with E-state index in [4.69, 9.17) is 0 Å². The van der Waals surface area contributed by atoms with Gasteiger partial charge in [0.15, 0.2) is 8.07 Å². The zero-order chi connectivity index (χ0) is 32.4. The number of hydrogen-bond donors (Lipinski definition) is 0. The van der Waals surface area contributed by atoms with Crippen molar-refractivity contribution in [2.75, 3.05) is 4.90 Å². The van der Waals surface area contributed by atoms with Crippen LogP contribution in [0.15, 0.2) is 198 Å². The highest BCUT2D eigenvalue weighted by molar-refractivity contribution is 8.00. The van der Waals surface area contributed by atoms with Crippen molar-refractivity contribution < 1.29 is 0 Å². The second kappa shape index (κ2) is 11.2. The van der Waals surface area contributed by atoms with Crippen LogP contribution in [0, 0.1) is 0 Å². The van der Waals surface area contributed by atoms with Crippen LogP contribution >= 0.6 is 11.8 Å². The fraction of sp³-hybridized carbons (Fsp3) is 0. The van der Waals surface area contributed by atoms with Gasteiger partial charge in [-0.2, -0.15) is 0 Å². The second-order valence-corrected chi connectivity index (χ2v) is 17.6. The fourth-order valence-corrected chi connectivity index (χ4v) is 15.6. The molecule has 2 aliphatic heterocycles. The highest BCUT2D eigenvalue weighted by atomic mass is 32.2. The predicted octanol–water partition coefficient (Wildman–Crippen LogP) is 9.80. The van der Waals surface area contributed by atoms with E-state index in [0.717, 1.165) is 11.4 Å². The first-order valence-electron chi connectivity index (χ1n) is 16.9. The molecule has 49 heavy (non-hydrogen) atoms. The Morgan fingerprint density at radius 1 is 0.388 bits per heavy atom. The molecular formula is C46H31NSSi. The van der Waals surface area contributed by atoms with Crippen LogP contribution in [-0.4, -0.2) is 8.07 Å². The molecular weight excluding hydrogens is 627 g/mol. The summed E-state index contributed by atoms with van der Waals surface area (Å²) in [5.74, 6) is 0. The molecule has 10 rings (SSSR count). The van der Waals surface area contributed by atoms with Crippen LogP contribution in [0.1, 0.15) is 0 Å². The first kappa shape index (κ1) is 28.4. The monoisotopic (exact) mass is 657 g/mol. The Morgan fingerprint density at radius 2 is 0.959 bits per heavy atom. The van der Waals surface area contributed by atoms with Crippen molar-refractivity contribution in [1.29, 1.82) is 0 Å². The quantitative estimate of drug-likeness (QED) is 0.173. The van der Waals surface area contributed by atoms with E-state index in [1.807, 2.05) is 11.8 Å². The van der Waals surface area contributed by atoms with E-state index in [9.17, 15) is 0 Å². The molecule has 8 aromatic rings. The van der Waals surface area contributed by atoms with Crippen LogP contribution in [0.2, 0.25) is 0 Å². The summed E-state index contributed by atoms with van der Waals surface area (Å²) in [5.41, 5.74) is 8.62. The maximum absolute atomic E-state index is 2.55. The highest BCUT2D eigenvalue weighted by Gasteiger charge is 2.52. The average molecular weight is 658 g/mol. The Morgan fingerprint density at radius 3 is 1.73 bits per heavy atom. The number of hydrogen-bond acceptors (Lipinski definition) is 2. The van der Waals surface area contributed by atoms with Gasteiger partial charge in [-0.25, -0.2) is 0 Å².